The highest BCUT2D eigenvalue weighted by atomic mass is 35.5. The van der Waals surface area contributed by atoms with Gasteiger partial charge in [-0.15, -0.1) is 0 Å². The highest BCUT2D eigenvalue weighted by molar-refractivity contribution is 6.31. The molecule has 9 rings (SSSR count). The predicted molar refractivity (Wildman–Crippen MR) is 207 cm³/mol. The van der Waals surface area contributed by atoms with Crippen molar-refractivity contribution in [1.29, 1.82) is 5.26 Å². The average Bonchev–Trinajstić information content (AvgIpc) is 3.42. The summed E-state index contributed by atoms with van der Waals surface area (Å²) < 4.78 is 21.4. The zero-order chi connectivity index (χ0) is 40.3. The molecule has 2 aliphatic carbocycles. The lowest BCUT2D eigenvalue weighted by Gasteiger charge is -2.62. The summed E-state index contributed by atoms with van der Waals surface area (Å²) in [5.41, 5.74) is 1.04. The van der Waals surface area contributed by atoms with Crippen LogP contribution in [0.3, 0.4) is 0 Å². The van der Waals surface area contributed by atoms with Gasteiger partial charge in [0.1, 0.15) is 35.2 Å². The van der Waals surface area contributed by atoms with Crippen LogP contribution in [0.15, 0.2) is 42.7 Å². The van der Waals surface area contributed by atoms with Crippen LogP contribution in [0.4, 0.5) is 15.9 Å². The molecule has 3 aromatic rings. The number of piperidine rings is 1. The van der Waals surface area contributed by atoms with Gasteiger partial charge in [-0.1, -0.05) is 11.6 Å². The van der Waals surface area contributed by atoms with Crippen LogP contribution in [0.5, 0.6) is 5.75 Å². The van der Waals surface area contributed by atoms with Gasteiger partial charge in [0.05, 0.1) is 45.9 Å². The van der Waals surface area contributed by atoms with Gasteiger partial charge in [0.2, 0.25) is 11.8 Å². The van der Waals surface area contributed by atoms with Crippen LogP contribution in [0.1, 0.15) is 88.1 Å². The second-order valence-corrected chi connectivity index (χ2v) is 16.7. The average molecular weight is 810 g/mol. The van der Waals surface area contributed by atoms with Crippen LogP contribution in [-0.2, 0) is 9.59 Å². The first-order valence-corrected chi connectivity index (χ1v) is 20.1. The minimum Gasteiger partial charge on any atom is -0.490 e. The van der Waals surface area contributed by atoms with E-state index in [4.69, 9.17) is 21.6 Å². The van der Waals surface area contributed by atoms with Crippen LogP contribution in [0, 0.1) is 22.6 Å². The minimum absolute atomic E-state index is 0.00537. The van der Waals surface area contributed by atoms with Crippen molar-refractivity contribution in [3.05, 3.63) is 75.9 Å². The maximum absolute atomic E-state index is 15.4. The molecular weight excluding hydrogens is 769 g/mol. The van der Waals surface area contributed by atoms with E-state index in [1.807, 2.05) is 11.0 Å². The lowest BCUT2D eigenvalue weighted by molar-refractivity contribution is -0.136. The Labute approximate surface area is 338 Å². The number of amides is 5. The Bertz CT molecular complexity index is 2240. The first-order valence-electron chi connectivity index (χ1n) is 19.8. The van der Waals surface area contributed by atoms with Crippen molar-refractivity contribution >= 4 is 52.6 Å². The quantitative estimate of drug-likeness (QED) is 0.317. The third kappa shape index (κ3) is 7.00. The molecule has 1 spiro atoms. The van der Waals surface area contributed by atoms with E-state index in [0.717, 1.165) is 81.5 Å². The molecule has 5 amide bonds. The maximum Gasteiger partial charge on any atom is 0.271 e. The molecule has 2 saturated carbocycles. The minimum atomic E-state index is -1.10. The normalized spacial score (nSPS) is 24.5. The van der Waals surface area contributed by atoms with Gasteiger partial charge in [-0.25, -0.2) is 14.4 Å². The van der Waals surface area contributed by atoms with Gasteiger partial charge in [-0.05, 0) is 69.2 Å². The lowest BCUT2D eigenvalue weighted by atomic mass is 9.60. The van der Waals surface area contributed by atoms with Crippen molar-refractivity contribution in [2.24, 2.45) is 5.41 Å². The topological polar surface area (TPSA) is 181 Å². The Morgan fingerprint density at radius 1 is 0.931 bits per heavy atom. The van der Waals surface area contributed by atoms with E-state index in [-0.39, 0.29) is 58.8 Å². The largest absolute Gasteiger partial charge is 0.490 e. The molecular formula is C41H41ClFN9O6. The molecule has 300 valence electrons. The highest BCUT2D eigenvalue weighted by Gasteiger charge is 2.55. The van der Waals surface area contributed by atoms with Gasteiger partial charge < -0.3 is 19.9 Å². The Hall–Kier alpha value is -5.66. The van der Waals surface area contributed by atoms with E-state index < -0.39 is 35.5 Å². The third-order valence-electron chi connectivity index (χ3n) is 12.6. The molecule has 1 unspecified atom stereocenters. The number of anilines is 2. The van der Waals surface area contributed by atoms with Crippen molar-refractivity contribution in [3.63, 3.8) is 0 Å². The zero-order valence-electron chi connectivity index (χ0n) is 31.6. The SMILES string of the molecule is N#Cc1ccc(OC2CCC(NC(=O)c3cnc(N4CCN(C5CC6(C5)CN(c5cc7c(cc5F)C(=O)N(C5CCC(=O)NC5=O)C7=O)C6)CC4)cn3)CC2)cc1Cl. The lowest BCUT2D eigenvalue weighted by Crippen LogP contribution is -2.68. The Morgan fingerprint density at radius 2 is 1.66 bits per heavy atom. The second-order valence-electron chi connectivity index (χ2n) is 16.3. The first-order chi connectivity index (χ1) is 28.0. The van der Waals surface area contributed by atoms with Gasteiger partial charge in [0.15, 0.2) is 0 Å². The molecule has 17 heteroatoms. The summed E-state index contributed by atoms with van der Waals surface area (Å²) in [4.78, 5) is 79.8. The van der Waals surface area contributed by atoms with Crippen molar-refractivity contribution in [2.75, 3.05) is 49.1 Å². The van der Waals surface area contributed by atoms with Crippen LogP contribution < -0.4 is 25.2 Å². The first kappa shape index (κ1) is 37.9. The summed E-state index contributed by atoms with van der Waals surface area (Å²) in [5.74, 6) is -2.00. The molecule has 15 nitrogen and oxygen atoms in total. The van der Waals surface area contributed by atoms with E-state index in [2.05, 4.69) is 30.4 Å². The number of hydrogen-bond acceptors (Lipinski definition) is 12. The number of piperazine rings is 1. The monoisotopic (exact) mass is 809 g/mol. The summed E-state index contributed by atoms with van der Waals surface area (Å²) in [6.07, 6.45) is 8.32. The number of ether oxygens (including phenoxy) is 1. The van der Waals surface area contributed by atoms with Crippen LogP contribution >= 0.6 is 11.6 Å². The van der Waals surface area contributed by atoms with Gasteiger partial charge in [0, 0.05) is 69.3 Å². The van der Waals surface area contributed by atoms with E-state index in [1.165, 1.54) is 12.3 Å². The molecule has 0 radical (unpaired) electrons. The number of fused-ring (bicyclic) bond motifs is 1. The Balaban J connectivity index is 0.712. The molecule has 4 aliphatic heterocycles. The fraction of sp³-hybridized carbons (Fsp3) is 0.463. The summed E-state index contributed by atoms with van der Waals surface area (Å²) in [6, 6.07) is 8.96. The molecule has 1 aromatic heterocycles. The fourth-order valence-electron chi connectivity index (χ4n) is 9.47. The van der Waals surface area contributed by atoms with Crippen LogP contribution in [0.2, 0.25) is 5.02 Å². The number of imide groups is 2. The number of halogens is 2. The predicted octanol–water partition coefficient (Wildman–Crippen LogP) is 3.45. The number of hydrogen-bond donors (Lipinski definition) is 2. The van der Waals surface area contributed by atoms with Crippen molar-refractivity contribution in [3.8, 4) is 11.8 Å². The molecule has 1 atom stereocenters. The van der Waals surface area contributed by atoms with E-state index in [1.54, 1.807) is 24.4 Å². The smallest absolute Gasteiger partial charge is 0.271 e. The van der Waals surface area contributed by atoms with E-state index in [9.17, 15) is 24.0 Å². The maximum atomic E-state index is 15.4. The van der Waals surface area contributed by atoms with Gasteiger partial charge in [-0.2, -0.15) is 5.26 Å². The second kappa shape index (κ2) is 14.9. The molecule has 5 heterocycles. The summed E-state index contributed by atoms with van der Waals surface area (Å²) in [5, 5.41) is 14.7. The molecule has 5 fully saturated rings. The summed E-state index contributed by atoms with van der Waals surface area (Å²) >= 11 is 6.14. The fourth-order valence-corrected chi connectivity index (χ4v) is 9.68. The highest BCUT2D eigenvalue weighted by Crippen LogP contribution is 2.52. The number of nitriles is 1. The van der Waals surface area contributed by atoms with Gasteiger partial charge in [0.25, 0.3) is 17.7 Å². The number of aromatic nitrogens is 2. The number of nitrogens with zero attached hydrogens (tertiary/aromatic N) is 7. The van der Waals surface area contributed by atoms with Gasteiger partial charge in [-0.3, -0.25) is 39.1 Å². The zero-order valence-corrected chi connectivity index (χ0v) is 32.3. The number of nitrogens with one attached hydrogen (secondary N) is 2. The van der Waals surface area contributed by atoms with Crippen molar-refractivity contribution in [2.45, 2.75) is 75.6 Å². The molecule has 2 N–H and O–H groups in total. The van der Waals surface area contributed by atoms with Gasteiger partial charge >= 0.3 is 0 Å². The summed E-state index contributed by atoms with van der Waals surface area (Å²) in [6.45, 7) is 4.58. The Morgan fingerprint density at radius 3 is 2.31 bits per heavy atom. The standard InChI is InChI=1S/C41H41ClFN9O6/c42-30-13-27(4-1-23(30)18-44)58-26-5-2-24(3-6-26)47-37(54)32-19-46-35(20-45-32)50-11-9-49(10-12-50)25-16-41(17-25)21-51(22-41)34-15-29-28(14-31(34)43)39(56)52(40(29)57)33-7-8-36(53)48-38(33)55/h1,4,13-15,19-20,24-26,33H,2-3,5-12,16-17,21-22H2,(H,47,54)(H,48,53,55). The molecule has 2 aromatic carbocycles. The molecule has 6 aliphatic rings. The van der Waals surface area contributed by atoms with E-state index in [0.29, 0.717) is 35.5 Å². The number of benzene rings is 2. The van der Waals surface area contributed by atoms with Crippen molar-refractivity contribution < 1.29 is 33.1 Å². The van der Waals surface area contributed by atoms with Crippen LogP contribution in [0.25, 0.3) is 0 Å². The number of carbonyl (C=O) groups is 5. The Kier molecular flexibility index (Phi) is 9.76. The number of rotatable bonds is 8. The molecule has 3 saturated heterocycles. The van der Waals surface area contributed by atoms with Crippen molar-refractivity contribution in [1.82, 2.24) is 30.4 Å². The van der Waals surface area contributed by atoms with E-state index >= 15 is 4.39 Å². The van der Waals surface area contributed by atoms with Crippen LogP contribution in [-0.4, -0.2) is 113 Å². The summed E-state index contributed by atoms with van der Waals surface area (Å²) in [7, 11) is 0. The molecule has 58 heavy (non-hydrogen) atoms. The number of carbonyl (C=O) groups excluding carboxylic acids is 5. The molecule has 0 bridgehead atoms. The third-order valence-corrected chi connectivity index (χ3v) is 12.9.